The van der Waals surface area contributed by atoms with E-state index in [0.29, 0.717) is 37.3 Å². The molecule has 1 aromatic carbocycles. The lowest BCUT2D eigenvalue weighted by Gasteiger charge is -2.16. The summed E-state index contributed by atoms with van der Waals surface area (Å²) in [7, 11) is 0. The number of rotatable bonds is 4. The molecule has 1 saturated heterocycles. The molecular weight excluding hydrogens is 328 g/mol. The van der Waals surface area contributed by atoms with E-state index in [-0.39, 0.29) is 11.5 Å². The zero-order chi connectivity index (χ0) is 17.4. The first kappa shape index (κ1) is 16.0. The van der Waals surface area contributed by atoms with Gasteiger partial charge in [0.1, 0.15) is 11.6 Å². The topological polar surface area (TPSA) is 51.3 Å². The molecule has 3 heterocycles. The molecule has 3 aromatic rings. The number of benzene rings is 1. The Morgan fingerprint density at radius 3 is 2.76 bits per heavy atom. The molecule has 0 amide bonds. The number of fused-ring (bicyclic) bond motifs is 1. The molecule has 0 radical (unpaired) electrons. The third-order valence-electron chi connectivity index (χ3n) is 4.74. The van der Waals surface area contributed by atoms with Crippen molar-refractivity contribution >= 4 is 11.2 Å². The van der Waals surface area contributed by atoms with Crippen LogP contribution in [-0.2, 0) is 6.54 Å². The van der Waals surface area contributed by atoms with E-state index in [1.165, 1.54) is 22.8 Å². The molecular formula is C18H17F2N3O2. The molecule has 0 N–H and O–H groups in total. The van der Waals surface area contributed by atoms with Crippen LogP contribution >= 0.6 is 0 Å². The molecule has 7 heteroatoms. The summed E-state index contributed by atoms with van der Waals surface area (Å²) in [5.41, 5.74) is 1.14. The molecule has 4 rings (SSSR count). The quantitative estimate of drug-likeness (QED) is 0.730. The second-order valence-electron chi connectivity index (χ2n) is 6.27. The summed E-state index contributed by atoms with van der Waals surface area (Å²) in [6.07, 6.45) is 2.30. The van der Waals surface area contributed by atoms with E-state index in [0.717, 1.165) is 6.54 Å². The highest BCUT2D eigenvalue weighted by Gasteiger charge is 2.28. The van der Waals surface area contributed by atoms with Crippen molar-refractivity contribution in [1.82, 2.24) is 14.5 Å². The van der Waals surface area contributed by atoms with Gasteiger partial charge in [0, 0.05) is 37.3 Å². The summed E-state index contributed by atoms with van der Waals surface area (Å²) in [4.78, 5) is 18.2. The van der Waals surface area contributed by atoms with E-state index < -0.39 is 17.4 Å². The molecule has 1 fully saturated rings. The minimum Gasteiger partial charge on any atom is -0.406 e. The molecule has 1 aliphatic heterocycles. The molecule has 0 bridgehead atoms. The predicted molar refractivity (Wildman–Crippen MR) is 88.4 cm³/mol. The Labute approximate surface area is 142 Å². The van der Waals surface area contributed by atoms with Crippen LogP contribution in [0.3, 0.4) is 0 Å². The normalized spacial score (nSPS) is 18.2. The minimum atomic E-state index is -0.493. The first-order valence-electron chi connectivity index (χ1n) is 8.24. The fourth-order valence-corrected chi connectivity index (χ4v) is 3.51. The van der Waals surface area contributed by atoms with Gasteiger partial charge in [-0.25, -0.2) is 18.6 Å². The van der Waals surface area contributed by atoms with Crippen LogP contribution < -0.4 is 5.76 Å². The van der Waals surface area contributed by atoms with Crippen molar-refractivity contribution in [2.24, 2.45) is 0 Å². The van der Waals surface area contributed by atoms with Crippen LogP contribution in [0.2, 0.25) is 0 Å². The van der Waals surface area contributed by atoms with Crippen molar-refractivity contribution in [3.63, 3.8) is 0 Å². The smallest absolute Gasteiger partial charge is 0.406 e. The van der Waals surface area contributed by atoms with Crippen LogP contribution in [0.15, 0.2) is 45.7 Å². The first-order valence-corrected chi connectivity index (χ1v) is 8.24. The Kier molecular flexibility index (Phi) is 4.09. The van der Waals surface area contributed by atoms with Gasteiger partial charge in [-0.2, -0.15) is 0 Å². The zero-order valence-corrected chi connectivity index (χ0v) is 13.5. The van der Waals surface area contributed by atoms with Crippen LogP contribution in [0.4, 0.5) is 8.78 Å². The second-order valence-corrected chi connectivity index (χ2v) is 6.27. The molecule has 25 heavy (non-hydrogen) atoms. The lowest BCUT2D eigenvalue weighted by Crippen LogP contribution is -2.28. The van der Waals surface area contributed by atoms with Crippen molar-refractivity contribution in [1.29, 1.82) is 0 Å². The summed E-state index contributed by atoms with van der Waals surface area (Å²) in [5, 5.41) is 0. The maximum absolute atomic E-state index is 13.9. The average molecular weight is 345 g/mol. The monoisotopic (exact) mass is 345 g/mol. The largest absolute Gasteiger partial charge is 0.421 e. The first-order chi connectivity index (χ1) is 12.1. The Hall–Kier alpha value is -2.54. The second kappa shape index (κ2) is 6.40. The lowest BCUT2D eigenvalue weighted by atomic mass is 9.97. The fourth-order valence-electron chi connectivity index (χ4n) is 3.51. The van der Waals surface area contributed by atoms with Gasteiger partial charge in [0.2, 0.25) is 0 Å². The summed E-state index contributed by atoms with van der Waals surface area (Å²) in [6, 6.07) is 7.38. The van der Waals surface area contributed by atoms with Gasteiger partial charge < -0.3 is 9.32 Å². The van der Waals surface area contributed by atoms with Gasteiger partial charge in [0.05, 0.1) is 0 Å². The number of nitrogens with zero attached hydrogens (tertiary/aromatic N) is 3. The van der Waals surface area contributed by atoms with E-state index in [9.17, 15) is 13.6 Å². The Morgan fingerprint density at radius 1 is 1.16 bits per heavy atom. The van der Waals surface area contributed by atoms with Gasteiger partial charge >= 0.3 is 5.76 Å². The fraction of sp³-hybridized carbons (Fsp3) is 0.333. The summed E-state index contributed by atoms with van der Waals surface area (Å²) in [6.45, 7) is 2.32. The summed E-state index contributed by atoms with van der Waals surface area (Å²) in [5.74, 6) is -1.59. The maximum atomic E-state index is 13.9. The molecule has 0 spiro atoms. The van der Waals surface area contributed by atoms with Crippen LogP contribution in [0.1, 0.15) is 17.9 Å². The average Bonchev–Trinajstić information content (AvgIpc) is 3.17. The van der Waals surface area contributed by atoms with E-state index in [1.54, 1.807) is 18.3 Å². The van der Waals surface area contributed by atoms with Gasteiger partial charge in [-0.1, -0.05) is 6.07 Å². The predicted octanol–water partition coefficient (Wildman–Crippen LogP) is 2.76. The van der Waals surface area contributed by atoms with E-state index in [4.69, 9.17) is 4.42 Å². The lowest BCUT2D eigenvalue weighted by molar-refractivity contribution is 0.313. The van der Waals surface area contributed by atoms with Crippen molar-refractivity contribution in [3.8, 4) is 0 Å². The molecule has 2 aromatic heterocycles. The van der Waals surface area contributed by atoms with Gasteiger partial charge in [0.25, 0.3) is 0 Å². The number of oxazole rings is 1. The zero-order valence-electron chi connectivity index (χ0n) is 13.5. The third kappa shape index (κ3) is 2.95. The Morgan fingerprint density at radius 2 is 1.96 bits per heavy atom. The summed E-state index contributed by atoms with van der Waals surface area (Å²) < 4.78 is 34.5. The van der Waals surface area contributed by atoms with Crippen molar-refractivity contribution in [2.45, 2.75) is 18.9 Å². The van der Waals surface area contributed by atoms with Crippen LogP contribution in [-0.4, -0.2) is 34.1 Å². The molecule has 1 aliphatic rings. The SMILES string of the molecule is O=c1oc2cccnc2n1CCN1CCC(c2c(F)cccc2F)C1. The van der Waals surface area contributed by atoms with Crippen molar-refractivity contribution < 1.29 is 13.2 Å². The van der Waals surface area contributed by atoms with E-state index in [2.05, 4.69) is 9.88 Å². The minimum absolute atomic E-state index is 0.164. The highest BCUT2D eigenvalue weighted by molar-refractivity contribution is 5.67. The summed E-state index contributed by atoms with van der Waals surface area (Å²) >= 11 is 0. The molecule has 1 atom stereocenters. The number of pyridine rings is 1. The van der Waals surface area contributed by atoms with Crippen LogP contribution in [0.25, 0.3) is 11.2 Å². The Bertz CT molecular complexity index is 946. The number of likely N-dealkylation sites (tertiary alicyclic amines) is 1. The van der Waals surface area contributed by atoms with Gasteiger partial charge in [0.15, 0.2) is 11.2 Å². The van der Waals surface area contributed by atoms with Gasteiger partial charge in [-0.05, 0) is 37.2 Å². The number of hydrogen-bond acceptors (Lipinski definition) is 4. The Balaban J connectivity index is 1.46. The molecule has 0 aliphatic carbocycles. The van der Waals surface area contributed by atoms with E-state index in [1.807, 2.05) is 0 Å². The van der Waals surface area contributed by atoms with Gasteiger partial charge in [-0.15, -0.1) is 0 Å². The standard InChI is InChI=1S/C18H17F2N3O2/c19-13-3-1-4-14(20)16(13)12-6-8-22(11-12)9-10-23-17-15(25-18(23)24)5-2-7-21-17/h1-5,7,12H,6,8-11H2. The van der Waals surface area contributed by atoms with Crippen molar-refractivity contribution in [2.75, 3.05) is 19.6 Å². The molecule has 1 unspecified atom stereocenters. The highest BCUT2D eigenvalue weighted by Crippen LogP contribution is 2.30. The molecule has 0 saturated carbocycles. The molecule has 130 valence electrons. The maximum Gasteiger partial charge on any atom is 0.421 e. The number of hydrogen-bond donors (Lipinski definition) is 0. The highest BCUT2D eigenvalue weighted by atomic mass is 19.1. The number of aromatic nitrogens is 2. The van der Waals surface area contributed by atoms with Crippen molar-refractivity contribution in [3.05, 3.63) is 64.3 Å². The van der Waals surface area contributed by atoms with Crippen LogP contribution in [0.5, 0.6) is 0 Å². The number of halogens is 2. The third-order valence-corrected chi connectivity index (χ3v) is 4.74. The van der Waals surface area contributed by atoms with E-state index >= 15 is 0 Å². The van der Waals surface area contributed by atoms with Gasteiger partial charge in [-0.3, -0.25) is 4.57 Å². The van der Waals surface area contributed by atoms with Crippen LogP contribution in [0, 0.1) is 11.6 Å². The molecule has 5 nitrogen and oxygen atoms in total.